The fourth-order valence-corrected chi connectivity index (χ4v) is 3.81. The maximum atomic E-state index is 12.9. The van der Waals surface area contributed by atoms with Gasteiger partial charge in [0.1, 0.15) is 6.04 Å². The van der Waals surface area contributed by atoms with Gasteiger partial charge in [0.05, 0.1) is 6.04 Å². The van der Waals surface area contributed by atoms with E-state index in [1.165, 1.54) is 0 Å². The van der Waals surface area contributed by atoms with Crippen molar-refractivity contribution in [2.45, 2.75) is 44.8 Å². The molecule has 4 N–H and O–H groups in total. The molecular weight excluding hydrogens is 324 g/mol. The minimum atomic E-state index is -0.190. The van der Waals surface area contributed by atoms with Crippen LogP contribution in [-0.4, -0.2) is 31.1 Å². The third-order valence-corrected chi connectivity index (χ3v) is 5.21. The number of fused-ring (bicyclic) bond motifs is 1. The second-order valence-corrected chi connectivity index (χ2v) is 7.71. The fraction of sp³-hybridized carbons (Fsp3) is 0.611. The first-order chi connectivity index (χ1) is 11.5. The number of nitrogens with one attached hydrogen (secondary N) is 4. The molecule has 3 rings (SSSR count). The van der Waals surface area contributed by atoms with Gasteiger partial charge in [-0.25, -0.2) is 5.43 Å². The van der Waals surface area contributed by atoms with E-state index in [9.17, 15) is 4.79 Å². The smallest absolute Gasteiger partial charge is 0.239 e. The van der Waals surface area contributed by atoms with Gasteiger partial charge in [-0.1, -0.05) is 37.6 Å². The van der Waals surface area contributed by atoms with Gasteiger partial charge in [-0.05, 0) is 43.0 Å². The summed E-state index contributed by atoms with van der Waals surface area (Å²) < 4.78 is 0. The predicted molar refractivity (Wildman–Crippen MR) is 96.6 cm³/mol. The minimum absolute atomic E-state index is 0.00664. The Morgan fingerprint density at radius 1 is 1.29 bits per heavy atom. The van der Waals surface area contributed by atoms with Crippen molar-refractivity contribution in [1.82, 2.24) is 21.5 Å². The molecule has 2 saturated heterocycles. The van der Waals surface area contributed by atoms with E-state index >= 15 is 0 Å². The molecule has 0 bridgehead atoms. The highest BCUT2D eigenvalue weighted by molar-refractivity contribution is 6.30. The molecule has 4 unspecified atom stereocenters. The molecule has 132 valence electrons. The molecule has 0 aliphatic carbocycles. The minimum Gasteiger partial charge on any atom is -0.348 e. The molecule has 2 aliphatic rings. The molecule has 2 heterocycles. The maximum absolute atomic E-state index is 12.9. The topological polar surface area (TPSA) is 65.2 Å². The number of piperidine rings is 1. The monoisotopic (exact) mass is 350 g/mol. The van der Waals surface area contributed by atoms with Crippen molar-refractivity contribution in [3.63, 3.8) is 0 Å². The molecule has 2 fully saturated rings. The summed E-state index contributed by atoms with van der Waals surface area (Å²) in [5.74, 6) is 0.854. The van der Waals surface area contributed by atoms with E-state index in [1.807, 2.05) is 24.3 Å². The van der Waals surface area contributed by atoms with Crippen LogP contribution in [0, 0.1) is 11.8 Å². The predicted octanol–water partition coefficient (Wildman–Crippen LogP) is 2.00. The zero-order valence-corrected chi connectivity index (χ0v) is 15.1. The lowest BCUT2D eigenvalue weighted by atomic mass is 9.88. The molecule has 24 heavy (non-hydrogen) atoms. The summed E-state index contributed by atoms with van der Waals surface area (Å²) >= 11 is 6.00. The number of hydrogen-bond acceptors (Lipinski definition) is 4. The van der Waals surface area contributed by atoms with Crippen LogP contribution in [0.1, 0.15) is 38.3 Å². The summed E-state index contributed by atoms with van der Waals surface area (Å²) in [5.41, 5.74) is 7.58. The number of halogens is 1. The van der Waals surface area contributed by atoms with Crippen LogP contribution in [0.25, 0.3) is 0 Å². The Bertz CT molecular complexity index is 563. The Hall–Kier alpha value is -1.14. The molecule has 1 aromatic rings. The van der Waals surface area contributed by atoms with Gasteiger partial charge in [0.2, 0.25) is 5.91 Å². The third kappa shape index (κ3) is 4.09. The highest BCUT2D eigenvalue weighted by atomic mass is 35.5. The second-order valence-electron chi connectivity index (χ2n) is 7.27. The number of carbonyl (C=O) groups excluding carboxylic acids is 1. The lowest BCUT2D eigenvalue weighted by Crippen LogP contribution is -2.50. The standard InChI is InChI=1S/C18H27ClN4O/c1-11(2)9-16(12-3-5-13(19)6-4-12)21-18(24)17-14-10-20-8-7-15(14)22-23-17/h3-6,11,14-17,20,22-23H,7-10H2,1-2H3,(H,21,24). The maximum Gasteiger partial charge on any atom is 0.239 e. The molecule has 0 saturated carbocycles. The van der Waals surface area contributed by atoms with Crippen molar-refractivity contribution in [2.75, 3.05) is 13.1 Å². The number of amides is 1. The van der Waals surface area contributed by atoms with E-state index in [2.05, 4.69) is 35.3 Å². The van der Waals surface area contributed by atoms with Gasteiger partial charge in [-0.15, -0.1) is 0 Å². The Labute approximate surface area is 148 Å². The summed E-state index contributed by atoms with van der Waals surface area (Å²) in [7, 11) is 0. The summed E-state index contributed by atoms with van der Waals surface area (Å²) in [4.78, 5) is 12.9. The number of hydrogen-bond donors (Lipinski definition) is 4. The molecule has 1 aromatic carbocycles. The zero-order chi connectivity index (χ0) is 17.1. The highest BCUT2D eigenvalue weighted by Gasteiger charge is 2.41. The molecular formula is C18H27ClN4O. The Kier molecular flexibility index (Phi) is 5.76. The second kappa shape index (κ2) is 7.83. The molecule has 0 radical (unpaired) electrons. The Balaban J connectivity index is 1.69. The molecule has 0 aromatic heterocycles. The first kappa shape index (κ1) is 17.7. The molecule has 4 atom stereocenters. The van der Waals surface area contributed by atoms with Crippen molar-refractivity contribution in [1.29, 1.82) is 0 Å². The van der Waals surface area contributed by atoms with E-state index in [0.29, 0.717) is 22.9 Å². The van der Waals surface area contributed by atoms with Crippen LogP contribution in [-0.2, 0) is 4.79 Å². The molecule has 6 heteroatoms. The fourth-order valence-electron chi connectivity index (χ4n) is 3.68. The lowest BCUT2D eigenvalue weighted by Gasteiger charge is -2.29. The van der Waals surface area contributed by atoms with E-state index in [0.717, 1.165) is 31.5 Å². The normalized spacial score (nSPS) is 27.8. The van der Waals surface area contributed by atoms with Crippen molar-refractivity contribution in [2.24, 2.45) is 11.8 Å². The SMILES string of the molecule is CC(C)CC(NC(=O)C1NNC2CCNCC21)c1ccc(Cl)cc1. The van der Waals surface area contributed by atoms with Gasteiger partial charge in [0, 0.05) is 23.5 Å². The number of rotatable bonds is 5. The number of carbonyl (C=O) groups is 1. The van der Waals surface area contributed by atoms with Crippen molar-refractivity contribution < 1.29 is 4.79 Å². The van der Waals surface area contributed by atoms with Crippen LogP contribution in [0.4, 0.5) is 0 Å². The average molecular weight is 351 g/mol. The first-order valence-corrected chi connectivity index (χ1v) is 9.20. The summed E-state index contributed by atoms with van der Waals surface area (Å²) in [6, 6.07) is 7.96. The molecule has 1 amide bonds. The van der Waals surface area contributed by atoms with Gasteiger partial charge in [-0.3, -0.25) is 10.2 Å². The summed E-state index contributed by atoms with van der Waals surface area (Å²) in [6.45, 7) is 6.22. The number of benzene rings is 1. The van der Waals surface area contributed by atoms with E-state index < -0.39 is 0 Å². The van der Waals surface area contributed by atoms with Crippen LogP contribution in [0.15, 0.2) is 24.3 Å². The van der Waals surface area contributed by atoms with Gasteiger partial charge in [0.15, 0.2) is 0 Å². The van der Waals surface area contributed by atoms with Crippen LogP contribution < -0.4 is 21.5 Å². The average Bonchev–Trinajstić information content (AvgIpc) is 2.98. The Morgan fingerprint density at radius 3 is 2.75 bits per heavy atom. The third-order valence-electron chi connectivity index (χ3n) is 4.96. The van der Waals surface area contributed by atoms with Crippen LogP contribution in [0.5, 0.6) is 0 Å². The van der Waals surface area contributed by atoms with E-state index in [1.54, 1.807) is 0 Å². The van der Waals surface area contributed by atoms with E-state index in [-0.39, 0.29) is 18.0 Å². The van der Waals surface area contributed by atoms with Gasteiger partial charge in [-0.2, -0.15) is 0 Å². The Morgan fingerprint density at radius 2 is 2.04 bits per heavy atom. The van der Waals surface area contributed by atoms with Gasteiger partial charge < -0.3 is 10.6 Å². The van der Waals surface area contributed by atoms with Crippen LogP contribution in [0.2, 0.25) is 5.02 Å². The largest absolute Gasteiger partial charge is 0.348 e. The lowest BCUT2D eigenvalue weighted by molar-refractivity contribution is -0.124. The molecule has 0 spiro atoms. The molecule has 5 nitrogen and oxygen atoms in total. The van der Waals surface area contributed by atoms with Crippen LogP contribution in [0.3, 0.4) is 0 Å². The highest BCUT2D eigenvalue weighted by Crippen LogP contribution is 2.25. The van der Waals surface area contributed by atoms with E-state index in [4.69, 9.17) is 11.6 Å². The summed E-state index contributed by atoms with van der Waals surface area (Å²) in [6.07, 6.45) is 1.95. The molecule has 2 aliphatic heterocycles. The number of hydrazine groups is 1. The van der Waals surface area contributed by atoms with Gasteiger partial charge >= 0.3 is 0 Å². The van der Waals surface area contributed by atoms with Crippen LogP contribution >= 0.6 is 11.6 Å². The summed E-state index contributed by atoms with van der Waals surface area (Å²) in [5, 5.41) is 7.35. The van der Waals surface area contributed by atoms with Crippen molar-refractivity contribution in [3.8, 4) is 0 Å². The first-order valence-electron chi connectivity index (χ1n) is 8.82. The van der Waals surface area contributed by atoms with Crippen molar-refractivity contribution >= 4 is 17.5 Å². The zero-order valence-electron chi connectivity index (χ0n) is 14.3. The van der Waals surface area contributed by atoms with Gasteiger partial charge in [0.25, 0.3) is 0 Å². The van der Waals surface area contributed by atoms with Crippen molar-refractivity contribution in [3.05, 3.63) is 34.9 Å². The quantitative estimate of drug-likeness (QED) is 0.656.